The summed E-state index contributed by atoms with van der Waals surface area (Å²) in [5, 5.41) is 11.6. The molecule has 0 bridgehead atoms. The first-order valence-corrected chi connectivity index (χ1v) is 5.54. The molecule has 4 atom stereocenters. The van der Waals surface area contributed by atoms with Crippen LogP contribution in [0.2, 0.25) is 0 Å². The van der Waals surface area contributed by atoms with Crippen LogP contribution in [0.4, 0.5) is 4.39 Å². The predicted molar refractivity (Wildman–Crippen MR) is 54.1 cm³/mol. The Morgan fingerprint density at radius 1 is 1.69 bits per heavy atom. The molecule has 0 spiro atoms. The van der Waals surface area contributed by atoms with Crippen LogP contribution in [0.15, 0.2) is 0 Å². The number of ether oxygens (including phenoxy) is 1. The molecular weight excluding hydrogens is 214 g/mol. The number of rotatable bonds is 2. The molecule has 2 aliphatic rings. The molecule has 0 saturated carbocycles. The average molecular weight is 231 g/mol. The average Bonchev–Trinajstić information content (AvgIpc) is 2.64. The van der Waals surface area contributed by atoms with Crippen molar-refractivity contribution in [1.29, 1.82) is 0 Å². The number of hydrogen-bond donors (Lipinski definition) is 2. The van der Waals surface area contributed by atoms with Gasteiger partial charge in [-0.2, -0.15) is 0 Å². The molecule has 0 aliphatic carbocycles. The van der Waals surface area contributed by atoms with Gasteiger partial charge in [0.2, 0.25) is 5.91 Å². The third-order valence-corrected chi connectivity index (χ3v) is 3.16. The van der Waals surface area contributed by atoms with Crippen LogP contribution in [0.25, 0.3) is 0 Å². The van der Waals surface area contributed by atoms with Gasteiger partial charge in [0, 0.05) is 18.9 Å². The Morgan fingerprint density at radius 2 is 2.44 bits per heavy atom. The van der Waals surface area contributed by atoms with Gasteiger partial charge in [-0.05, 0) is 0 Å². The van der Waals surface area contributed by atoms with Gasteiger partial charge < -0.3 is 15.2 Å². The summed E-state index contributed by atoms with van der Waals surface area (Å²) in [6, 6.07) is 0. The molecule has 0 aromatic heterocycles. The Morgan fingerprint density at radius 3 is 3.00 bits per heavy atom. The number of hydrogen-bond acceptors (Lipinski definition) is 4. The van der Waals surface area contributed by atoms with Crippen LogP contribution in [-0.4, -0.2) is 54.2 Å². The van der Waals surface area contributed by atoms with Crippen LogP contribution in [0.1, 0.15) is 13.3 Å². The molecule has 2 heterocycles. The number of amides is 1. The third-order valence-electron chi connectivity index (χ3n) is 3.16. The normalized spacial score (nSPS) is 41.1. The number of aliphatic hydroxyl groups excluding tert-OH is 1. The maximum absolute atomic E-state index is 13.4. The van der Waals surface area contributed by atoms with E-state index < -0.39 is 12.3 Å². The second-order valence-corrected chi connectivity index (χ2v) is 4.43. The van der Waals surface area contributed by atoms with E-state index in [1.165, 1.54) is 0 Å². The topological polar surface area (TPSA) is 61.8 Å². The lowest BCUT2D eigenvalue weighted by atomic mass is 10.1. The molecule has 2 saturated heterocycles. The van der Waals surface area contributed by atoms with Crippen molar-refractivity contribution in [2.45, 2.75) is 31.8 Å². The van der Waals surface area contributed by atoms with Gasteiger partial charge in [0.25, 0.3) is 0 Å². The zero-order valence-electron chi connectivity index (χ0n) is 9.23. The molecule has 1 unspecified atom stereocenters. The molecule has 0 radical (unpaired) electrons. The number of nitrogens with one attached hydrogen (secondary N) is 1. The summed E-state index contributed by atoms with van der Waals surface area (Å²) in [5.74, 6) is -0.0895. The van der Waals surface area contributed by atoms with Gasteiger partial charge >= 0.3 is 0 Å². The number of carbonyl (C=O) groups is 1. The van der Waals surface area contributed by atoms with Crippen molar-refractivity contribution in [2.24, 2.45) is 5.92 Å². The van der Waals surface area contributed by atoms with Crippen molar-refractivity contribution >= 4 is 5.91 Å². The molecule has 2 fully saturated rings. The summed E-state index contributed by atoms with van der Waals surface area (Å²) in [5.41, 5.74) is 0. The van der Waals surface area contributed by atoms with E-state index in [0.29, 0.717) is 13.2 Å². The summed E-state index contributed by atoms with van der Waals surface area (Å²) in [6.45, 7) is 2.49. The van der Waals surface area contributed by atoms with Crippen molar-refractivity contribution < 1.29 is 19.0 Å². The highest BCUT2D eigenvalue weighted by molar-refractivity contribution is 5.79. The highest BCUT2D eigenvalue weighted by Crippen LogP contribution is 2.26. The van der Waals surface area contributed by atoms with Crippen LogP contribution >= 0.6 is 0 Å². The van der Waals surface area contributed by atoms with E-state index in [0.717, 1.165) is 0 Å². The van der Waals surface area contributed by atoms with Crippen LogP contribution in [0, 0.1) is 5.92 Å². The SMILES string of the molecule is CC1CN([C@H]2C[C@H]([18F])[C@@H](CO)O2)CNC1=O. The van der Waals surface area contributed by atoms with E-state index in [9.17, 15) is 9.18 Å². The van der Waals surface area contributed by atoms with Crippen LogP contribution in [0.3, 0.4) is 0 Å². The van der Waals surface area contributed by atoms with Gasteiger partial charge in [0.05, 0.1) is 13.3 Å². The molecule has 6 heteroatoms. The Kier molecular flexibility index (Phi) is 3.41. The molecule has 2 N–H and O–H groups in total. The fraction of sp³-hybridized carbons (Fsp3) is 0.900. The maximum Gasteiger partial charge on any atom is 0.225 e. The summed E-state index contributed by atoms with van der Waals surface area (Å²) in [6.07, 6.45) is -1.93. The molecule has 16 heavy (non-hydrogen) atoms. The van der Waals surface area contributed by atoms with Gasteiger partial charge in [-0.3, -0.25) is 9.69 Å². The monoisotopic (exact) mass is 231 g/mol. The lowest BCUT2D eigenvalue weighted by molar-refractivity contribution is -0.135. The highest BCUT2D eigenvalue weighted by atomic mass is 18.2. The Balaban J connectivity index is 1.92. The van der Waals surface area contributed by atoms with Gasteiger partial charge in [-0.1, -0.05) is 6.92 Å². The molecule has 0 aromatic rings. The van der Waals surface area contributed by atoms with Crippen molar-refractivity contribution in [3.05, 3.63) is 0 Å². The standard InChI is InChI=1S/C10H17FN2O3/c1-6-3-13(5-12-10(6)15)9-2-7(11)8(4-14)16-9/h6-9,14H,2-5H2,1H3,(H,12,15)/t6?,7-,8+,9+/m0/s1/i11-1. The molecular formula is C10H17FN2O3. The van der Waals surface area contributed by atoms with Gasteiger partial charge in [0.1, 0.15) is 18.5 Å². The smallest absolute Gasteiger partial charge is 0.225 e. The molecule has 1 amide bonds. The van der Waals surface area contributed by atoms with Crippen LogP contribution in [-0.2, 0) is 9.53 Å². The van der Waals surface area contributed by atoms with Gasteiger partial charge in [-0.25, -0.2) is 4.39 Å². The fourth-order valence-electron chi connectivity index (χ4n) is 2.15. The number of nitrogens with zero attached hydrogens (tertiary/aromatic N) is 1. The fourth-order valence-corrected chi connectivity index (χ4v) is 2.15. The summed E-state index contributed by atoms with van der Waals surface area (Å²) in [7, 11) is 0. The van der Waals surface area contributed by atoms with Gasteiger partial charge in [0.15, 0.2) is 0 Å². The summed E-state index contributed by atoms with van der Waals surface area (Å²) >= 11 is 0. The van der Waals surface area contributed by atoms with Crippen molar-refractivity contribution in [1.82, 2.24) is 10.2 Å². The van der Waals surface area contributed by atoms with Crippen molar-refractivity contribution in [2.75, 3.05) is 19.8 Å². The number of carbonyl (C=O) groups excluding carboxylic acids is 1. The number of alkyl halides is 1. The predicted octanol–water partition coefficient (Wildman–Crippen LogP) is -0.543. The van der Waals surface area contributed by atoms with Crippen molar-refractivity contribution in [3.63, 3.8) is 0 Å². The van der Waals surface area contributed by atoms with Crippen LogP contribution in [0.5, 0.6) is 0 Å². The molecule has 5 nitrogen and oxygen atoms in total. The Bertz CT molecular complexity index is 277. The van der Waals surface area contributed by atoms with E-state index in [2.05, 4.69) is 5.32 Å². The first-order valence-electron chi connectivity index (χ1n) is 5.54. The van der Waals surface area contributed by atoms with E-state index in [-0.39, 0.29) is 31.1 Å². The van der Waals surface area contributed by atoms with E-state index in [1.807, 2.05) is 11.8 Å². The molecule has 2 aliphatic heterocycles. The first kappa shape index (κ1) is 11.8. The third kappa shape index (κ3) is 2.18. The zero-order valence-corrected chi connectivity index (χ0v) is 9.23. The second kappa shape index (κ2) is 4.65. The molecule has 92 valence electrons. The largest absolute Gasteiger partial charge is 0.394 e. The van der Waals surface area contributed by atoms with E-state index in [4.69, 9.17) is 9.84 Å². The minimum Gasteiger partial charge on any atom is -0.394 e. The molecule has 2 rings (SSSR count). The highest BCUT2D eigenvalue weighted by Gasteiger charge is 2.39. The van der Waals surface area contributed by atoms with E-state index in [1.54, 1.807) is 0 Å². The zero-order chi connectivity index (χ0) is 11.7. The summed E-state index contributed by atoms with van der Waals surface area (Å²) in [4.78, 5) is 13.1. The van der Waals surface area contributed by atoms with Gasteiger partial charge in [-0.15, -0.1) is 0 Å². The number of aliphatic hydroxyl groups is 1. The quantitative estimate of drug-likeness (QED) is 0.670. The second-order valence-electron chi connectivity index (χ2n) is 4.43. The maximum atomic E-state index is 13.4. The lowest BCUT2D eigenvalue weighted by Gasteiger charge is -2.34. The van der Waals surface area contributed by atoms with Crippen molar-refractivity contribution in [3.8, 4) is 0 Å². The molecule has 0 aromatic carbocycles. The minimum absolute atomic E-state index is 0.0183. The summed E-state index contributed by atoms with van der Waals surface area (Å²) < 4.78 is 18.8. The lowest BCUT2D eigenvalue weighted by Crippen LogP contribution is -2.53. The van der Waals surface area contributed by atoms with E-state index >= 15 is 0 Å². The Hall–Kier alpha value is -0.720. The Labute approximate surface area is 93.6 Å². The van der Waals surface area contributed by atoms with Crippen LogP contribution < -0.4 is 5.32 Å². The first-order chi connectivity index (χ1) is 7.61. The minimum atomic E-state index is -1.12. The number of halogens is 1.